The highest BCUT2D eigenvalue weighted by Crippen LogP contribution is 2.17. The Morgan fingerprint density at radius 3 is 2.20 bits per heavy atom. The zero-order valence-electron chi connectivity index (χ0n) is 17.8. The fourth-order valence-electron chi connectivity index (χ4n) is 3.31. The summed E-state index contributed by atoms with van der Waals surface area (Å²) in [4.78, 5) is 26.5. The second-order valence-corrected chi connectivity index (χ2v) is 7.63. The minimum absolute atomic E-state index is 0.0552. The zero-order valence-corrected chi connectivity index (χ0v) is 17.8. The molecule has 0 saturated carbocycles. The summed E-state index contributed by atoms with van der Waals surface area (Å²) in [6.45, 7) is 9.41. The SMILES string of the molecule is Cc1cc(C)c(/C=C/C(=O)Nc2ccc(NC(=O)CN3CCOCC3)cc2)cc1C. The van der Waals surface area contributed by atoms with Crippen LogP contribution in [0.2, 0.25) is 0 Å². The molecular weight excluding hydrogens is 378 g/mol. The van der Waals surface area contributed by atoms with Crippen LogP contribution in [0.4, 0.5) is 11.4 Å². The number of aryl methyl sites for hydroxylation is 3. The number of carbonyl (C=O) groups is 2. The van der Waals surface area contributed by atoms with Gasteiger partial charge in [0.05, 0.1) is 19.8 Å². The lowest BCUT2D eigenvalue weighted by atomic mass is 10.0. The lowest BCUT2D eigenvalue weighted by molar-refractivity contribution is -0.118. The van der Waals surface area contributed by atoms with Crippen LogP contribution in [-0.2, 0) is 14.3 Å². The summed E-state index contributed by atoms with van der Waals surface area (Å²) in [6.07, 6.45) is 3.37. The minimum atomic E-state index is -0.197. The molecule has 0 bridgehead atoms. The minimum Gasteiger partial charge on any atom is -0.379 e. The van der Waals surface area contributed by atoms with Crippen molar-refractivity contribution in [3.05, 3.63) is 64.7 Å². The number of nitrogens with zero attached hydrogens (tertiary/aromatic N) is 1. The normalized spacial score (nSPS) is 14.6. The average Bonchev–Trinajstić information content (AvgIpc) is 2.72. The highest BCUT2D eigenvalue weighted by atomic mass is 16.5. The van der Waals surface area contributed by atoms with E-state index in [0.29, 0.717) is 31.1 Å². The standard InChI is InChI=1S/C24H29N3O3/c1-17-14-19(3)20(15-18(17)2)4-9-23(28)25-21-5-7-22(8-6-21)26-24(29)16-27-10-12-30-13-11-27/h4-9,14-15H,10-13,16H2,1-3H3,(H,25,28)(H,26,29)/b9-4+. The second kappa shape index (κ2) is 10.2. The molecule has 0 atom stereocenters. The maximum Gasteiger partial charge on any atom is 0.248 e. The van der Waals surface area contributed by atoms with Crippen molar-refractivity contribution >= 4 is 29.3 Å². The fraction of sp³-hybridized carbons (Fsp3) is 0.333. The van der Waals surface area contributed by atoms with E-state index in [0.717, 1.165) is 24.2 Å². The van der Waals surface area contributed by atoms with Crippen LogP contribution in [0, 0.1) is 20.8 Å². The molecule has 6 heteroatoms. The van der Waals surface area contributed by atoms with Crippen LogP contribution in [-0.4, -0.2) is 49.6 Å². The quantitative estimate of drug-likeness (QED) is 0.719. The van der Waals surface area contributed by atoms with E-state index >= 15 is 0 Å². The molecule has 1 aliphatic heterocycles. The molecule has 1 aliphatic rings. The van der Waals surface area contributed by atoms with Crippen molar-refractivity contribution in [2.75, 3.05) is 43.5 Å². The van der Waals surface area contributed by atoms with Gasteiger partial charge in [-0.2, -0.15) is 0 Å². The lowest BCUT2D eigenvalue weighted by Gasteiger charge is -2.25. The first kappa shape index (κ1) is 21.7. The molecule has 0 spiro atoms. The van der Waals surface area contributed by atoms with Gasteiger partial charge in [-0.05, 0) is 73.4 Å². The van der Waals surface area contributed by atoms with Gasteiger partial charge in [-0.1, -0.05) is 12.1 Å². The third-order valence-corrected chi connectivity index (χ3v) is 5.20. The summed E-state index contributed by atoms with van der Waals surface area (Å²) in [5.74, 6) is -0.253. The molecule has 0 unspecified atom stereocenters. The van der Waals surface area contributed by atoms with Crippen LogP contribution in [0.15, 0.2) is 42.5 Å². The molecule has 2 amide bonds. The van der Waals surface area contributed by atoms with Gasteiger partial charge in [-0.25, -0.2) is 0 Å². The van der Waals surface area contributed by atoms with Gasteiger partial charge in [0, 0.05) is 30.5 Å². The van der Waals surface area contributed by atoms with Crippen molar-refractivity contribution in [3.8, 4) is 0 Å². The van der Waals surface area contributed by atoms with Crippen molar-refractivity contribution in [2.45, 2.75) is 20.8 Å². The summed E-state index contributed by atoms with van der Waals surface area (Å²) in [7, 11) is 0. The van der Waals surface area contributed by atoms with Gasteiger partial charge < -0.3 is 15.4 Å². The molecule has 1 saturated heterocycles. The molecule has 2 aromatic rings. The van der Waals surface area contributed by atoms with E-state index in [-0.39, 0.29) is 11.8 Å². The predicted octanol–water partition coefficient (Wildman–Crippen LogP) is 3.53. The molecule has 30 heavy (non-hydrogen) atoms. The molecule has 158 valence electrons. The maximum atomic E-state index is 12.2. The lowest BCUT2D eigenvalue weighted by Crippen LogP contribution is -2.41. The van der Waals surface area contributed by atoms with Crippen LogP contribution in [0.1, 0.15) is 22.3 Å². The van der Waals surface area contributed by atoms with Crippen LogP contribution < -0.4 is 10.6 Å². The number of carbonyl (C=O) groups excluding carboxylic acids is 2. The van der Waals surface area contributed by atoms with Gasteiger partial charge in [-0.15, -0.1) is 0 Å². The molecule has 2 N–H and O–H groups in total. The number of nitrogens with one attached hydrogen (secondary N) is 2. The highest BCUT2D eigenvalue weighted by molar-refractivity contribution is 6.02. The number of amides is 2. The van der Waals surface area contributed by atoms with Crippen LogP contribution >= 0.6 is 0 Å². The Balaban J connectivity index is 1.51. The molecule has 0 aliphatic carbocycles. The summed E-state index contributed by atoms with van der Waals surface area (Å²) in [5.41, 5.74) is 5.99. The van der Waals surface area contributed by atoms with Gasteiger partial charge in [0.2, 0.25) is 11.8 Å². The number of hydrogen-bond donors (Lipinski definition) is 2. The van der Waals surface area contributed by atoms with Crippen molar-refractivity contribution < 1.29 is 14.3 Å². The highest BCUT2D eigenvalue weighted by Gasteiger charge is 2.14. The number of benzene rings is 2. The summed E-state index contributed by atoms with van der Waals surface area (Å²) >= 11 is 0. The summed E-state index contributed by atoms with van der Waals surface area (Å²) < 4.78 is 5.29. The van der Waals surface area contributed by atoms with Gasteiger partial charge in [0.1, 0.15) is 0 Å². The Morgan fingerprint density at radius 1 is 0.933 bits per heavy atom. The van der Waals surface area contributed by atoms with Crippen LogP contribution in [0.3, 0.4) is 0 Å². The third-order valence-electron chi connectivity index (χ3n) is 5.20. The molecule has 0 radical (unpaired) electrons. The van der Waals surface area contributed by atoms with E-state index in [1.807, 2.05) is 13.0 Å². The monoisotopic (exact) mass is 407 g/mol. The number of morpholine rings is 1. The van der Waals surface area contributed by atoms with Gasteiger partial charge in [0.25, 0.3) is 0 Å². The van der Waals surface area contributed by atoms with E-state index in [1.54, 1.807) is 24.3 Å². The average molecular weight is 408 g/mol. The molecule has 1 heterocycles. The van der Waals surface area contributed by atoms with Crippen molar-refractivity contribution in [1.29, 1.82) is 0 Å². The smallest absolute Gasteiger partial charge is 0.248 e. The van der Waals surface area contributed by atoms with Crippen LogP contribution in [0.5, 0.6) is 0 Å². The summed E-state index contributed by atoms with van der Waals surface area (Å²) in [5, 5.41) is 5.73. The fourth-order valence-corrected chi connectivity index (χ4v) is 3.31. The van der Waals surface area contributed by atoms with Crippen LogP contribution in [0.25, 0.3) is 6.08 Å². The summed E-state index contributed by atoms with van der Waals surface area (Å²) in [6, 6.07) is 11.3. The van der Waals surface area contributed by atoms with Crippen molar-refractivity contribution in [3.63, 3.8) is 0 Å². The van der Waals surface area contributed by atoms with E-state index in [4.69, 9.17) is 4.74 Å². The molecule has 0 aromatic heterocycles. The predicted molar refractivity (Wildman–Crippen MR) is 121 cm³/mol. The Kier molecular flexibility index (Phi) is 7.38. The van der Waals surface area contributed by atoms with E-state index < -0.39 is 0 Å². The van der Waals surface area contributed by atoms with Crippen molar-refractivity contribution in [2.24, 2.45) is 0 Å². The zero-order chi connectivity index (χ0) is 21.5. The van der Waals surface area contributed by atoms with E-state index in [1.165, 1.54) is 17.2 Å². The van der Waals surface area contributed by atoms with Gasteiger partial charge in [0.15, 0.2) is 0 Å². The van der Waals surface area contributed by atoms with E-state index in [2.05, 4.69) is 41.5 Å². The van der Waals surface area contributed by atoms with E-state index in [9.17, 15) is 9.59 Å². The van der Waals surface area contributed by atoms with Gasteiger partial charge in [-0.3, -0.25) is 14.5 Å². The Morgan fingerprint density at radius 2 is 1.53 bits per heavy atom. The Labute approximate surface area is 177 Å². The molecular formula is C24H29N3O3. The molecule has 2 aromatic carbocycles. The number of anilines is 2. The Hall–Kier alpha value is -2.96. The number of ether oxygens (including phenoxy) is 1. The largest absolute Gasteiger partial charge is 0.379 e. The maximum absolute atomic E-state index is 12.2. The third kappa shape index (κ3) is 6.27. The molecule has 6 nitrogen and oxygen atoms in total. The molecule has 1 fully saturated rings. The topological polar surface area (TPSA) is 70.7 Å². The first-order valence-electron chi connectivity index (χ1n) is 10.2. The van der Waals surface area contributed by atoms with Crippen molar-refractivity contribution in [1.82, 2.24) is 4.90 Å². The first-order valence-corrected chi connectivity index (χ1v) is 10.2. The number of hydrogen-bond acceptors (Lipinski definition) is 4. The Bertz CT molecular complexity index is 929. The first-order chi connectivity index (χ1) is 14.4. The molecule has 3 rings (SSSR count). The second-order valence-electron chi connectivity index (χ2n) is 7.63. The van der Waals surface area contributed by atoms with Gasteiger partial charge >= 0.3 is 0 Å². The number of rotatable bonds is 6.